The first-order valence-corrected chi connectivity index (χ1v) is 5.95. The molecule has 4 nitrogen and oxygen atoms in total. The van der Waals surface area contributed by atoms with Crippen LogP contribution in [0.4, 0.5) is 4.39 Å². The van der Waals surface area contributed by atoms with Crippen molar-refractivity contribution in [3.63, 3.8) is 0 Å². The zero-order valence-corrected chi connectivity index (χ0v) is 10.9. The highest BCUT2D eigenvalue weighted by Crippen LogP contribution is 2.23. The summed E-state index contributed by atoms with van der Waals surface area (Å²) in [5.74, 6) is -0.0867. The first-order chi connectivity index (χ1) is 9.60. The van der Waals surface area contributed by atoms with Crippen LogP contribution in [0.1, 0.15) is 15.9 Å². The van der Waals surface area contributed by atoms with Gasteiger partial charge in [-0.05, 0) is 18.2 Å². The van der Waals surface area contributed by atoms with Crippen molar-refractivity contribution in [2.24, 2.45) is 5.73 Å². The van der Waals surface area contributed by atoms with Gasteiger partial charge in [-0.15, -0.1) is 0 Å². The molecule has 2 aromatic rings. The summed E-state index contributed by atoms with van der Waals surface area (Å²) in [6, 6.07) is 10.9. The van der Waals surface area contributed by atoms with Crippen molar-refractivity contribution in [3.8, 4) is 11.5 Å². The quantitative estimate of drug-likeness (QED) is 0.912. The van der Waals surface area contributed by atoms with Crippen molar-refractivity contribution in [2.75, 3.05) is 7.11 Å². The zero-order chi connectivity index (χ0) is 14.5. The Hall–Kier alpha value is -2.56. The average molecular weight is 275 g/mol. The van der Waals surface area contributed by atoms with E-state index in [1.807, 2.05) is 0 Å². The minimum absolute atomic E-state index is 0.0536. The minimum atomic E-state index is -0.584. The molecule has 0 aromatic heterocycles. The molecule has 5 heteroatoms. The largest absolute Gasteiger partial charge is 0.497 e. The maximum absolute atomic E-state index is 13.5. The summed E-state index contributed by atoms with van der Waals surface area (Å²) in [6.07, 6.45) is 0. The Balaban J connectivity index is 2.19. The lowest BCUT2D eigenvalue weighted by Crippen LogP contribution is -2.11. The number of hydrogen-bond donors (Lipinski definition) is 1. The second-order valence-corrected chi connectivity index (χ2v) is 4.14. The number of nitrogens with two attached hydrogens (primary N) is 1. The van der Waals surface area contributed by atoms with Crippen LogP contribution in [-0.2, 0) is 6.61 Å². The summed E-state index contributed by atoms with van der Waals surface area (Å²) >= 11 is 0. The lowest BCUT2D eigenvalue weighted by Gasteiger charge is -2.10. The van der Waals surface area contributed by atoms with E-state index in [0.717, 1.165) is 0 Å². The van der Waals surface area contributed by atoms with Gasteiger partial charge in [0.15, 0.2) is 0 Å². The predicted octanol–water partition coefficient (Wildman–Crippen LogP) is 2.51. The highest BCUT2D eigenvalue weighted by Gasteiger charge is 2.08. The molecule has 0 fully saturated rings. The monoisotopic (exact) mass is 275 g/mol. The van der Waals surface area contributed by atoms with Gasteiger partial charge in [0, 0.05) is 17.2 Å². The summed E-state index contributed by atoms with van der Waals surface area (Å²) in [4.78, 5) is 11.2. The summed E-state index contributed by atoms with van der Waals surface area (Å²) in [5.41, 5.74) is 5.93. The Labute approximate surface area is 115 Å². The van der Waals surface area contributed by atoms with Gasteiger partial charge in [0.2, 0.25) is 5.91 Å². The number of methoxy groups -OCH3 is 1. The van der Waals surface area contributed by atoms with E-state index in [1.54, 1.807) is 24.3 Å². The zero-order valence-electron chi connectivity index (χ0n) is 10.9. The second kappa shape index (κ2) is 6.06. The molecule has 0 radical (unpaired) electrons. The van der Waals surface area contributed by atoms with Crippen LogP contribution >= 0.6 is 0 Å². The number of benzene rings is 2. The Morgan fingerprint density at radius 3 is 2.55 bits per heavy atom. The molecule has 0 bridgehead atoms. The molecule has 0 atom stereocenters. The van der Waals surface area contributed by atoms with Gasteiger partial charge in [0.25, 0.3) is 0 Å². The normalized spacial score (nSPS) is 10.1. The van der Waals surface area contributed by atoms with E-state index in [9.17, 15) is 9.18 Å². The lowest BCUT2D eigenvalue weighted by atomic mass is 10.2. The van der Waals surface area contributed by atoms with Crippen LogP contribution in [0.2, 0.25) is 0 Å². The second-order valence-electron chi connectivity index (χ2n) is 4.14. The van der Waals surface area contributed by atoms with Crippen LogP contribution in [0.15, 0.2) is 42.5 Å². The number of ether oxygens (including phenoxy) is 2. The van der Waals surface area contributed by atoms with Crippen LogP contribution in [0.3, 0.4) is 0 Å². The molecule has 0 saturated heterocycles. The molecular formula is C15H14FNO3. The fraction of sp³-hybridized carbons (Fsp3) is 0.133. The maximum Gasteiger partial charge on any atom is 0.248 e. The third kappa shape index (κ3) is 3.26. The minimum Gasteiger partial charge on any atom is -0.497 e. The molecule has 1 amide bonds. The first-order valence-electron chi connectivity index (χ1n) is 5.95. The molecule has 0 aliphatic carbocycles. The fourth-order valence-electron chi connectivity index (χ4n) is 1.69. The molecule has 2 aromatic carbocycles. The molecule has 0 spiro atoms. The molecule has 104 valence electrons. The van der Waals surface area contributed by atoms with Gasteiger partial charge in [-0.2, -0.15) is 0 Å². The summed E-state index contributed by atoms with van der Waals surface area (Å²) < 4.78 is 24.0. The highest BCUT2D eigenvalue weighted by atomic mass is 19.1. The third-order valence-electron chi connectivity index (χ3n) is 2.75. The fourth-order valence-corrected chi connectivity index (χ4v) is 1.69. The SMILES string of the molecule is COc1cc(OCc2ccccc2F)cc(C(N)=O)c1. The van der Waals surface area contributed by atoms with Crippen molar-refractivity contribution in [3.05, 3.63) is 59.4 Å². The van der Waals surface area contributed by atoms with Gasteiger partial charge < -0.3 is 15.2 Å². The average Bonchev–Trinajstić information content (AvgIpc) is 2.46. The first kappa shape index (κ1) is 13.9. The van der Waals surface area contributed by atoms with Crippen LogP contribution in [-0.4, -0.2) is 13.0 Å². The van der Waals surface area contributed by atoms with Crippen LogP contribution in [0.25, 0.3) is 0 Å². The van der Waals surface area contributed by atoms with Crippen molar-refractivity contribution in [1.29, 1.82) is 0 Å². The van der Waals surface area contributed by atoms with E-state index in [4.69, 9.17) is 15.2 Å². The van der Waals surface area contributed by atoms with Crippen molar-refractivity contribution in [2.45, 2.75) is 6.61 Å². The molecule has 0 heterocycles. The number of amides is 1. The van der Waals surface area contributed by atoms with Gasteiger partial charge in [-0.1, -0.05) is 18.2 Å². The number of rotatable bonds is 5. The molecule has 20 heavy (non-hydrogen) atoms. The van der Waals surface area contributed by atoms with E-state index < -0.39 is 5.91 Å². The van der Waals surface area contributed by atoms with E-state index in [2.05, 4.69) is 0 Å². The van der Waals surface area contributed by atoms with Gasteiger partial charge in [0.1, 0.15) is 23.9 Å². The molecule has 0 saturated carbocycles. The molecule has 0 aliphatic heterocycles. The molecule has 2 rings (SSSR count). The van der Waals surface area contributed by atoms with Crippen LogP contribution in [0, 0.1) is 5.82 Å². The summed E-state index contributed by atoms with van der Waals surface area (Å²) in [7, 11) is 1.47. The van der Waals surface area contributed by atoms with Gasteiger partial charge >= 0.3 is 0 Å². The number of halogens is 1. The van der Waals surface area contributed by atoms with E-state index in [1.165, 1.54) is 25.3 Å². The smallest absolute Gasteiger partial charge is 0.248 e. The number of carbonyl (C=O) groups is 1. The van der Waals surface area contributed by atoms with E-state index in [0.29, 0.717) is 17.1 Å². The Kier molecular flexibility index (Phi) is 4.20. The molecule has 0 aliphatic rings. The standard InChI is InChI=1S/C15H14FNO3/c1-19-12-6-11(15(17)18)7-13(8-12)20-9-10-4-2-3-5-14(10)16/h2-8H,9H2,1H3,(H2,17,18). The molecular weight excluding hydrogens is 261 g/mol. The number of primary amides is 1. The summed E-state index contributed by atoms with van der Waals surface area (Å²) in [5, 5.41) is 0. The van der Waals surface area contributed by atoms with E-state index >= 15 is 0 Å². The molecule has 0 unspecified atom stereocenters. The number of hydrogen-bond acceptors (Lipinski definition) is 3. The Morgan fingerprint density at radius 2 is 1.90 bits per heavy atom. The van der Waals surface area contributed by atoms with Gasteiger partial charge in [-0.3, -0.25) is 4.79 Å². The van der Waals surface area contributed by atoms with Gasteiger partial charge in [-0.25, -0.2) is 4.39 Å². The van der Waals surface area contributed by atoms with Gasteiger partial charge in [0.05, 0.1) is 7.11 Å². The van der Waals surface area contributed by atoms with Crippen LogP contribution < -0.4 is 15.2 Å². The van der Waals surface area contributed by atoms with Crippen LogP contribution in [0.5, 0.6) is 11.5 Å². The summed E-state index contributed by atoms with van der Waals surface area (Å²) in [6.45, 7) is 0.0536. The number of carbonyl (C=O) groups excluding carboxylic acids is 1. The van der Waals surface area contributed by atoms with Crippen molar-refractivity contribution < 1.29 is 18.7 Å². The maximum atomic E-state index is 13.5. The predicted molar refractivity (Wildman–Crippen MR) is 72.2 cm³/mol. The molecule has 2 N–H and O–H groups in total. The van der Waals surface area contributed by atoms with E-state index in [-0.39, 0.29) is 18.0 Å². The van der Waals surface area contributed by atoms with Crippen molar-refractivity contribution in [1.82, 2.24) is 0 Å². The Morgan fingerprint density at radius 1 is 1.20 bits per heavy atom. The Bertz CT molecular complexity index is 628. The lowest BCUT2D eigenvalue weighted by molar-refractivity contribution is 0.0999. The third-order valence-corrected chi connectivity index (χ3v) is 2.75. The highest BCUT2D eigenvalue weighted by molar-refractivity contribution is 5.93. The van der Waals surface area contributed by atoms with Crippen molar-refractivity contribution >= 4 is 5.91 Å². The topological polar surface area (TPSA) is 61.6 Å².